The molecule has 1 aromatic carbocycles. The predicted octanol–water partition coefficient (Wildman–Crippen LogP) is 2.38. The number of ether oxygens (including phenoxy) is 1. The fraction of sp³-hybridized carbons (Fsp3) is 0.500. The fourth-order valence-corrected chi connectivity index (χ4v) is 2.10. The van der Waals surface area contributed by atoms with E-state index in [0.717, 1.165) is 24.8 Å². The summed E-state index contributed by atoms with van der Waals surface area (Å²) < 4.78 is 3.86. The highest BCUT2D eigenvalue weighted by Gasteiger charge is 2.16. The molecule has 33 heavy (non-hydrogen) atoms. The van der Waals surface area contributed by atoms with Crippen molar-refractivity contribution >= 4 is 29.9 Å². The van der Waals surface area contributed by atoms with Gasteiger partial charge in [0.25, 0.3) is 6.47 Å². The van der Waals surface area contributed by atoms with E-state index in [9.17, 15) is 14.4 Å². The summed E-state index contributed by atoms with van der Waals surface area (Å²) in [6, 6.07) is 6.02. The lowest BCUT2D eigenvalue weighted by atomic mass is 10.2. The van der Waals surface area contributed by atoms with Gasteiger partial charge in [0.15, 0.2) is 0 Å². The van der Waals surface area contributed by atoms with Crippen molar-refractivity contribution in [2.75, 3.05) is 19.0 Å². The van der Waals surface area contributed by atoms with Crippen molar-refractivity contribution in [3.05, 3.63) is 29.8 Å². The first-order valence-corrected chi connectivity index (χ1v) is 10.7. The summed E-state index contributed by atoms with van der Waals surface area (Å²) in [5.74, 6) is -0.939. The molecular weight excluding hydrogens is 426 g/mol. The fourth-order valence-electron chi connectivity index (χ4n) is 2.10. The number of carbonyl (C=O) groups is 4. The minimum atomic E-state index is -0.734. The van der Waals surface area contributed by atoms with Crippen molar-refractivity contribution in [1.82, 2.24) is 10.6 Å². The van der Waals surface area contributed by atoms with Gasteiger partial charge in [-0.25, -0.2) is 0 Å². The third kappa shape index (κ3) is 20.3. The van der Waals surface area contributed by atoms with Gasteiger partial charge in [-0.3, -0.25) is 19.2 Å². The van der Waals surface area contributed by atoms with Crippen molar-refractivity contribution < 1.29 is 29.0 Å². The molecule has 4 N–H and O–H groups in total. The lowest BCUT2D eigenvalue weighted by Crippen LogP contribution is -2.45. The summed E-state index contributed by atoms with van der Waals surface area (Å²) in [6.07, 6.45) is 11.2. The summed E-state index contributed by atoms with van der Waals surface area (Å²) in [5.41, 5.74) is 1.32. The maximum Gasteiger partial charge on any atom is 0.292 e. The van der Waals surface area contributed by atoms with Gasteiger partial charge in [-0.2, -0.15) is 0 Å². The Kier molecular flexibility index (Phi) is 25.8. The van der Waals surface area contributed by atoms with Gasteiger partial charge in [0.2, 0.25) is 17.7 Å². The van der Waals surface area contributed by atoms with Gasteiger partial charge in [-0.15, -0.1) is 12.8 Å². The normalized spacial score (nSPS) is 9.58. The molecule has 1 aromatic rings. The third-order valence-electron chi connectivity index (χ3n) is 3.72. The maximum absolute atomic E-state index is 12.1. The van der Waals surface area contributed by atoms with Crippen LogP contribution in [0.4, 0.5) is 5.69 Å². The first-order valence-electron chi connectivity index (χ1n) is 10.7. The third-order valence-corrected chi connectivity index (χ3v) is 3.72. The van der Waals surface area contributed by atoms with Crippen LogP contribution in [0.5, 0.6) is 0 Å². The van der Waals surface area contributed by atoms with E-state index in [1.54, 1.807) is 31.2 Å². The second-order valence-corrected chi connectivity index (χ2v) is 6.20. The van der Waals surface area contributed by atoms with Crippen molar-refractivity contribution in [2.45, 2.75) is 66.0 Å². The topological polar surface area (TPSA) is 134 Å². The van der Waals surface area contributed by atoms with Crippen LogP contribution in [0.2, 0.25) is 0 Å². The van der Waals surface area contributed by atoms with Gasteiger partial charge in [-0.1, -0.05) is 45.7 Å². The smallest absolute Gasteiger partial charge is 0.292 e. The molecule has 0 aliphatic rings. The molecular formula is C24H39N3O6. The van der Waals surface area contributed by atoms with E-state index in [1.165, 1.54) is 7.11 Å². The molecule has 1 atom stereocenters. The maximum atomic E-state index is 12.1. The van der Waals surface area contributed by atoms with Crippen molar-refractivity contribution in [1.29, 1.82) is 0 Å². The molecule has 0 spiro atoms. The number of benzene rings is 1. The summed E-state index contributed by atoms with van der Waals surface area (Å²) in [4.78, 5) is 44.3. The van der Waals surface area contributed by atoms with E-state index in [1.807, 2.05) is 13.8 Å². The van der Waals surface area contributed by atoms with Crippen LogP contribution in [0, 0.1) is 12.8 Å². The molecule has 3 amide bonds. The Morgan fingerprint density at radius 3 is 2.09 bits per heavy atom. The van der Waals surface area contributed by atoms with Crippen LogP contribution in [-0.2, 0) is 30.5 Å². The summed E-state index contributed by atoms with van der Waals surface area (Å²) in [7, 11) is 1.31. The number of aliphatic hydroxyl groups is 1. The zero-order valence-corrected chi connectivity index (χ0v) is 20.3. The molecule has 0 bridgehead atoms. The number of amides is 3. The molecule has 0 aromatic heterocycles. The number of unbranched alkanes of at least 4 members (excludes halogenated alkanes) is 2. The molecule has 1 unspecified atom stereocenters. The van der Waals surface area contributed by atoms with Gasteiger partial charge in [0.05, 0.1) is 20.3 Å². The Labute approximate surface area is 197 Å². The van der Waals surface area contributed by atoms with E-state index in [4.69, 9.17) is 9.90 Å². The second-order valence-electron chi connectivity index (χ2n) is 6.20. The molecule has 0 saturated heterocycles. The molecule has 9 nitrogen and oxygen atoms in total. The minimum absolute atomic E-state index is 0.0646. The average molecular weight is 466 g/mol. The summed E-state index contributed by atoms with van der Waals surface area (Å²) in [5, 5.41) is 16.7. The quantitative estimate of drug-likeness (QED) is 0.225. The minimum Gasteiger partial charge on any atom is -0.471 e. The van der Waals surface area contributed by atoms with E-state index >= 15 is 0 Å². The molecule has 186 valence electrons. The number of terminal acetylenes is 1. The molecule has 0 fully saturated rings. The van der Waals surface area contributed by atoms with Crippen molar-refractivity contribution in [3.63, 3.8) is 0 Å². The number of anilines is 1. The van der Waals surface area contributed by atoms with E-state index < -0.39 is 11.9 Å². The zero-order chi connectivity index (χ0) is 26.1. The van der Waals surface area contributed by atoms with Gasteiger partial charge in [-0.05, 0) is 31.0 Å². The zero-order valence-electron chi connectivity index (χ0n) is 20.3. The number of nitrogens with one attached hydrogen (secondary N) is 3. The van der Waals surface area contributed by atoms with Crippen LogP contribution in [0.25, 0.3) is 0 Å². The molecule has 0 radical (unpaired) electrons. The predicted molar refractivity (Wildman–Crippen MR) is 130 cm³/mol. The van der Waals surface area contributed by atoms with Crippen molar-refractivity contribution in [2.24, 2.45) is 0 Å². The molecule has 0 saturated carbocycles. The highest BCUT2D eigenvalue weighted by Crippen LogP contribution is 2.09. The largest absolute Gasteiger partial charge is 0.471 e. The summed E-state index contributed by atoms with van der Waals surface area (Å²) >= 11 is 0. The van der Waals surface area contributed by atoms with Crippen LogP contribution >= 0.6 is 0 Å². The van der Waals surface area contributed by atoms with Gasteiger partial charge in [0.1, 0.15) is 6.04 Å². The van der Waals surface area contributed by atoms with Crippen LogP contribution < -0.4 is 16.0 Å². The summed E-state index contributed by atoms with van der Waals surface area (Å²) in [6.45, 7) is 7.79. The van der Waals surface area contributed by atoms with Crippen LogP contribution in [0.3, 0.4) is 0 Å². The second kappa shape index (κ2) is 24.9. The lowest BCUT2D eigenvalue weighted by Gasteiger charge is -2.14. The Morgan fingerprint density at radius 2 is 1.64 bits per heavy atom. The monoisotopic (exact) mass is 465 g/mol. The van der Waals surface area contributed by atoms with E-state index in [-0.39, 0.29) is 25.0 Å². The number of hydrogen-bond donors (Lipinski definition) is 4. The van der Waals surface area contributed by atoms with Crippen LogP contribution in [-0.4, -0.2) is 49.0 Å². The first kappa shape index (κ1) is 34.2. The molecule has 0 heterocycles. The molecule has 1 rings (SSSR count). The highest BCUT2D eigenvalue weighted by atomic mass is 16.5. The lowest BCUT2D eigenvalue weighted by molar-refractivity contribution is -0.128. The number of aliphatic hydroxyl groups excluding tert-OH is 1. The first-order chi connectivity index (χ1) is 15.9. The SMILES string of the molecule is C#C.CC.CCCCCC(=O)NCC(=O)NC(C)C(=O)Nc1ccc(CO)cc1.COC=O. The number of rotatable bonds is 11. The molecule has 9 heteroatoms. The van der Waals surface area contributed by atoms with Gasteiger partial charge in [0, 0.05) is 12.1 Å². The van der Waals surface area contributed by atoms with Gasteiger partial charge < -0.3 is 25.8 Å². The van der Waals surface area contributed by atoms with Crippen molar-refractivity contribution in [3.8, 4) is 12.8 Å². The Bertz CT molecular complexity index is 675. The Morgan fingerprint density at radius 1 is 1.09 bits per heavy atom. The number of hydrogen-bond acceptors (Lipinski definition) is 6. The van der Waals surface area contributed by atoms with E-state index in [0.29, 0.717) is 18.6 Å². The average Bonchev–Trinajstić information content (AvgIpc) is 2.86. The van der Waals surface area contributed by atoms with E-state index in [2.05, 4.69) is 40.5 Å². The Hall–Kier alpha value is -3.38. The molecule has 0 aliphatic heterocycles. The van der Waals surface area contributed by atoms with Crippen LogP contribution in [0.1, 0.15) is 58.9 Å². The molecule has 0 aliphatic carbocycles. The standard InChI is InChI=1S/C18H27N3O4.C2H4O2.C2H6.C2H2/c1-3-4-5-6-16(23)19-11-17(24)20-13(2)18(25)21-15-9-7-14(12-22)8-10-15;1-4-2-3;2*1-2/h7-10,13,22H,3-6,11-12H2,1-2H3,(H,19,23)(H,20,24)(H,21,25);2H,1H3;1-2H3;1-2H. The number of carbonyl (C=O) groups excluding carboxylic acids is 4. The highest BCUT2D eigenvalue weighted by molar-refractivity contribution is 5.97. The van der Waals surface area contributed by atoms with Crippen LogP contribution in [0.15, 0.2) is 24.3 Å². The number of methoxy groups -OCH3 is 1. The Balaban J connectivity index is -0.000000988. The van der Waals surface area contributed by atoms with Gasteiger partial charge >= 0.3 is 0 Å².